The second-order valence-corrected chi connectivity index (χ2v) is 10.8. The molecule has 1 aliphatic rings. The van der Waals surface area contributed by atoms with Crippen molar-refractivity contribution >= 4 is 39.3 Å². The highest BCUT2D eigenvalue weighted by molar-refractivity contribution is 8.00. The molecule has 9 nitrogen and oxygen atoms in total. The number of hydrogen-bond acceptors (Lipinski definition) is 8. The van der Waals surface area contributed by atoms with Gasteiger partial charge in [0.25, 0.3) is 10.0 Å². The average molecular weight is 495 g/mol. The minimum absolute atomic E-state index is 0.0130. The Labute approximate surface area is 202 Å². The molecule has 0 fully saturated rings. The Morgan fingerprint density at radius 2 is 1.94 bits per heavy atom. The van der Waals surface area contributed by atoms with Gasteiger partial charge >= 0.3 is 0 Å². The van der Waals surface area contributed by atoms with Crippen molar-refractivity contribution in [1.82, 2.24) is 15.0 Å². The molecule has 0 bridgehead atoms. The molecular formula is C23H22N6O3S2. The molecule has 2 aromatic heterocycles. The van der Waals surface area contributed by atoms with Gasteiger partial charge in [-0.15, -0.1) is 0 Å². The Kier molecular flexibility index (Phi) is 6.81. The molecule has 34 heavy (non-hydrogen) atoms. The Hall–Kier alpha value is -3.49. The lowest BCUT2D eigenvalue weighted by molar-refractivity contribution is -0.115. The van der Waals surface area contributed by atoms with Crippen LogP contribution in [0, 0.1) is 18.3 Å². The Balaban J connectivity index is 1.41. The summed E-state index contributed by atoms with van der Waals surface area (Å²) in [6, 6.07) is 11.5. The van der Waals surface area contributed by atoms with Gasteiger partial charge in [-0.1, -0.05) is 11.8 Å². The molecule has 4 rings (SSSR count). The smallest absolute Gasteiger partial charge is 0.264 e. The standard InChI is InChI=1S/C23H22N6O3S2/c1-14-10-11-25-23(26-14)29-34(31,32)19-8-6-18(7-9-19)27-21(30)15(2)33-22-17(13-24)12-16-4-3-5-20(16)28-22/h6-12,15H,3-5H2,1-2H3,(H,27,30)(H,25,26,29). The van der Waals surface area contributed by atoms with Crippen LogP contribution in [0.25, 0.3) is 0 Å². The summed E-state index contributed by atoms with van der Waals surface area (Å²) in [6.07, 6.45) is 4.30. The number of thioether (sulfide) groups is 1. The van der Waals surface area contributed by atoms with E-state index in [4.69, 9.17) is 0 Å². The van der Waals surface area contributed by atoms with Crippen LogP contribution >= 0.6 is 11.8 Å². The van der Waals surface area contributed by atoms with E-state index in [0.29, 0.717) is 22.0 Å². The zero-order chi connectivity index (χ0) is 24.3. The van der Waals surface area contributed by atoms with Gasteiger partial charge in [0.1, 0.15) is 11.1 Å². The molecule has 0 aliphatic heterocycles. The topological polar surface area (TPSA) is 138 Å². The third-order valence-corrected chi connectivity index (χ3v) is 7.69. The van der Waals surface area contributed by atoms with E-state index in [-0.39, 0.29) is 16.8 Å². The summed E-state index contributed by atoms with van der Waals surface area (Å²) in [4.78, 5) is 25.3. The molecule has 1 aliphatic carbocycles. The molecule has 2 N–H and O–H groups in total. The number of carbonyl (C=O) groups excluding carboxylic acids is 1. The van der Waals surface area contributed by atoms with Crippen LogP contribution in [0.4, 0.5) is 11.6 Å². The molecule has 174 valence electrons. The van der Waals surface area contributed by atoms with Gasteiger partial charge < -0.3 is 5.32 Å². The number of anilines is 2. The monoisotopic (exact) mass is 494 g/mol. The van der Waals surface area contributed by atoms with E-state index in [1.165, 1.54) is 42.2 Å². The number of fused-ring (bicyclic) bond motifs is 1. The number of rotatable bonds is 7. The number of benzene rings is 1. The predicted octanol–water partition coefficient (Wildman–Crippen LogP) is 3.46. The summed E-state index contributed by atoms with van der Waals surface area (Å²) in [5, 5.41) is 12.3. The molecule has 2 heterocycles. The summed E-state index contributed by atoms with van der Waals surface area (Å²) in [7, 11) is -3.88. The van der Waals surface area contributed by atoms with Crippen LogP contribution in [-0.2, 0) is 27.7 Å². The number of amides is 1. The van der Waals surface area contributed by atoms with Crippen LogP contribution in [0.2, 0.25) is 0 Å². The summed E-state index contributed by atoms with van der Waals surface area (Å²) < 4.78 is 27.5. The fourth-order valence-electron chi connectivity index (χ4n) is 3.48. The number of aryl methyl sites for hydroxylation is 3. The summed E-state index contributed by atoms with van der Waals surface area (Å²) in [5.41, 5.74) is 3.66. The van der Waals surface area contributed by atoms with Crippen molar-refractivity contribution < 1.29 is 13.2 Å². The molecule has 1 aromatic carbocycles. The van der Waals surface area contributed by atoms with Crippen molar-refractivity contribution in [3.63, 3.8) is 0 Å². The lowest BCUT2D eigenvalue weighted by Crippen LogP contribution is -2.23. The Bertz CT molecular complexity index is 1380. The molecule has 0 saturated carbocycles. The van der Waals surface area contributed by atoms with E-state index in [0.717, 1.165) is 30.5 Å². The summed E-state index contributed by atoms with van der Waals surface area (Å²) >= 11 is 1.23. The van der Waals surface area contributed by atoms with Crippen molar-refractivity contribution in [2.24, 2.45) is 0 Å². The summed E-state index contributed by atoms with van der Waals surface area (Å²) in [6.45, 7) is 3.47. The number of pyridine rings is 1. The van der Waals surface area contributed by atoms with Gasteiger partial charge in [0.15, 0.2) is 0 Å². The highest BCUT2D eigenvalue weighted by Gasteiger charge is 2.22. The van der Waals surface area contributed by atoms with E-state index in [9.17, 15) is 18.5 Å². The van der Waals surface area contributed by atoms with Crippen molar-refractivity contribution in [2.45, 2.75) is 48.3 Å². The van der Waals surface area contributed by atoms with Crippen molar-refractivity contribution in [1.29, 1.82) is 5.26 Å². The van der Waals surface area contributed by atoms with E-state index in [2.05, 4.69) is 31.1 Å². The first-order valence-corrected chi connectivity index (χ1v) is 12.9. The first-order chi connectivity index (χ1) is 16.2. The highest BCUT2D eigenvalue weighted by Crippen LogP contribution is 2.30. The number of sulfonamides is 1. The third kappa shape index (κ3) is 5.35. The molecule has 1 unspecified atom stereocenters. The zero-order valence-electron chi connectivity index (χ0n) is 18.6. The van der Waals surface area contributed by atoms with Gasteiger partial charge in [-0.25, -0.2) is 28.1 Å². The van der Waals surface area contributed by atoms with Gasteiger partial charge in [-0.3, -0.25) is 4.79 Å². The van der Waals surface area contributed by atoms with E-state index in [1.54, 1.807) is 19.9 Å². The van der Waals surface area contributed by atoms with Gasteiger partial charge in [-0.05, 0) is 75.1 Å². The summed E-state index contributed by atoms with van der Waals surface area (Å²) in [5.74, 6) is -0.293. The molecule has 3 aromatic rings. The van der Waals surface area contributed by atoms with Crippen LogP contribution in [0.3, 0.4) is 0 Å². The number of nitriles is 1. The van der Waals surface area contributed by atoms with E-state index in [1.807, 2.05) is 6.07 Å². The molecule has 0 saturated heterocycles. The maximum atomic E-state index is 12.7. The second kappa shape index (κ2) is 9.79. The van der Waals surface area contributed by atoms with Gasteiger partial charge in [-0.2, -0.15) is 5.26 Å². The van der Waals surface area contributed by atoms with Crippen molar-refractivity contribution in [3.05, 3.63) is 65.1 Å². The molecule has 1 atom stereocenters. The van der Waals surface area contributed by atoms with Crippen LogP contribution in [0.1, 0.15) is 35.9 Å². The maximum absolute atomic E-state index is 12.7. The molecule has 0 spiro atoms. The molecular weight excluding hydrogens is 472 g/mol. The Morgan fingerprint density at radius 1 is 1.18 bits per heavy atom. The van der Waals surface area contributed by atoms with E-state index >= 15 is 0 Å². The van der Waals surface area contributed by atoms with Crippen molar-refractivity contribution in [2.75, 3.05) is 10.0 Å². The lowest BCUT2D eigenvalue weighted by atomic mass is 10.2. The fourth-order valence-corrected chi connectivity index (χ4v) is 5.33. The lowest BCUT2D eigenvalue weighted by Gasteiger charge is -2.14. The van der Waals surface area contributed by atoms with Crippen LogP contribution in [0.15, 0.2) is 52.5 Å². The number of carbonyl (C=O) groups is 1. The quantitative estimate of drug-likeness (QED) is 0.476. The first-order valence-electron chi connectivity index (χ1n) is 10.6. The zero-order valence-corrected chi connectivity index (χ0v) is 20.2. The predicted molar refractivity (Wildman–Crippen MR) is 129 cm³/mol. The minimum atomic E-state index is -3.88. The average Bonchev–Trinajstić information content (AvgIpc) is 3.26. The number of hydrogen-bond donors (Lipinski definition) is 2. The minimum Gasteiger partial charge on any atom is -0.325 e. The molecule has 11 heteroatoms. The Morgan fingerprint density at radius 3 is 2.65 bits per heavy atom. The fraction of sp³-hybridized carbons (Fsp3) is 0.261. The van der Waals surface area contributed by atoms with Crippen LogP contribution in [-0.4, -0.2) is 34.5 Å². The SMILES string of the molecule is Cc1ccnc(NS(=O)(=O)c2ccc(NC(=O)C(C)Sc3nc4c(cc3C#N)CCC4)cc2)n1. The molecule has 1 amide bonds. The van der Waals surface area contributed by atoms with Gasteiger partial charge in [0.2, 0.25) is 11.9 Å². The highest BCUT2D eigenvalue weighted by atomic mass is 32.2. The number of nitrogens with one attached hydrogen (secondary N) is 2. The van der Waals surface area contributed by atoms with E-state index < -0.39 is 15.3 Å². The second-order valence-electron chi connectivity index (χ2n) is 7.81. The largest absolute Gasteiger partial charge is 0.325 e. The first kappa shape index (κ1) is 23.7. The van der Waals surface area contributed by atoms with Crippen molar-refractivity contribution in [3.8, 4) is 6.07 Å². The van der Waals surface area contributed by atoms with Gasteiger partial charge in [0.05, 0.1) is 15.7 Å². The number of nitrogens with zero attached hydrogens (tertiary/aromatic N) is 4. The van der Waals surface area contributed by atoms with Crippen LogP contribution < -0.4 is 10.0 Å². The number of aromatic nitrogens is 3. The van der Waals surface area contributed by atoms with Crippen LogP contribution in [0.5, 0.6) is 0 Å². The van der Waals surface area contributed by atoms with Gasteiger partial charge in [0, 0.05) is 23.3 Å². The normalized spacial score (nSPS) is 13.6. The molecule has 0 radical (unpaired) electrons. The third-order valence-electron chi connectivity index (χ3n) is 5.25. The maximum Gasteiger partial charge on any atom is 0.264 e.